The molecule has 0 bridgehead atoms. The molecule has 0 radical (unpaired) electrons. The predicted octanol–water partition coefficient (Wildman–Crippen LogP) is 2.25. The van der Waals surface area contributed by atoms with E-state index >= 15 is 0 Å². The second kappa shape index (κ2) is 8.64. The van der Waals surface area contributed by atoms with Gasteiger partial charge in [0, 0.05) is 4.88 Å². The predicted molar refractivity (Wildman–Crippen MR) is 113 cm³/mol. The van der Waals surface area contributed by atoms with Gasteiger partial charge in [0.15, 0.2) is 0 Å². The maximum Gasteiger partial charge on any atom is 0.117 e. The molecule has 26 heavy (non-hydrogen) atoms. The van der Waals surface area contributed by atoms with Gasteiger partial charge in [0.2, 0.25) is 0 Å². The fraction of sp³-hybridized carbons (Fsp3) is 0.0435. The summed E-state index contributed by atoms with van der Waals surface area (Å²) < 4.78 is 0. The van der Waals surface area contributed by atoms with E-state index in [0.29, 0.717) is 0 Å². The first kappa shape index (κ1) is 18.9. The zero-order valence-corrected chi connectivity index (χ0v) is 16.8. The molecule has 3 heteroatoms. The summed E-state index contributed by atoms with van der Waals surface area (Å²) in [5.74, 6) is 0. The van der Waals surface area contributed by atoms with Crippen LogP contribution in [0.1, 0.15) is 4.88 Å². The molecule has 0 nitrogen and oxygen atoms in total. The standard InChI is InChI=1S/C23H20PS.ClH/c1-4-11-20(12-5-1)24(19-23-17-10-18-25-23,21-13-6-2-7-14-21)22-15-8-3-9-16-22;/h1-18H,19H2;1H/q+1;/p-1. The number of hydrogen-bond donors (Lipinski definition) is 0. The van der Waals surface area contributed by atoms with Crippen LogP contribution >= 0.6 is 18.6 Å². The van der Waals surface area contributed by atoms with Crippen molar-refractivity contribution in [2.45, 2.75) is 6.16 Å². The summed E-state index contributed by atoms with van der Waals surface area (Å²) >= 11 is 1.86. The van der Waals surface area contributed by atoms with Crippen LogP contribution in [0.4, 0.5) is 0 Å². The van der Waals surface area contributed by atoms with E-state index in [1.165, 1.54) is 20.8 Å². The van der Waals surface area contributed by atoms with E-state index in [0.717, 1.165) is 6.16 Å². The largest absolute Gasteiger partial charge is 1.00 e. The molecular weight excluding hydrogens is 375 g/mol. The van der Waals surface area contributed by atoms with Gasteiger partial charge in [-0.25, -0.2) is 0 Å². The average Bonchev–Trinajstić information content (AvgIpc) is 3.21. The molecule has 0 aliphatic carbocycles. The Morgan fingerprint density at radius 3 is 1.31 bits per heavy atom. The minimum absolute atomic E-state index is 0. The van der Waals surface area contributed by atoms with Gasteiger partial charge in [-0.15, -0.1) is 11.3 Å². The SMILES string of the molecule is [Cl-].c1ccc([P+](Cc2cccs2)(c2ccccc2)c2ccccc2)cc1. The van der Waals surface area contributed by atoms with Crippen molar-refractivity contribution in [3.8, 4) is 0 Å². The second-order valence-electron chi connectivity index (χ2n) is 6.05. The Hall–Kier alpha value is -1.92. The van der Waals surface area contributed by atoms with Gasteiger partial charge in [-0.05, 0) is 47.8 Å². The first-order chi connectivity index (χ1) is 12.4. The Bertz CT molecular complexity index is 810. The van der Waals surface area contributed by atoms with Crippen molar-refractivity contribution >= 4 is 34.5 Å². The van der Waals surface area contributed by atoms with E-state index in [4.69, 9.17) is 0 Å². The van der Waals surface area contributed by atoms with Crippen molar-refractivity contribution in [2.75, 3.05) is 0 Å². The van der Waals surface area contributed by atoms with Crippen LogP contribution in [0.5, 0.6) is 0 Å². The molecule has 0 atom stereocenters. The quantitative estimate of drug-likeness (QED) is 0.455. The van der Waals surface area contributed by atoms with E-state index in [-0.39, 0.29) is 12.4 Å². The molecule has 0 spiro atoms. The van der Waals surface area contributed by atoms with Gasteiger partial charge in [0.05, 0.1) is 0 Å². The topological polar surface area (TPSA) is 0 Å². The minimum Gasteiger partial charge on any atom is -1.00 e. The highest BCUT2D eigenvalue weighted by atomic mass is 35.5. The lowest BCUT2D eigenvalue weighted by Gasteiger charge is -2.27. The Morgan fingerprint density at radius 2 is 0.962 bits per heavy atom. The monoisotopic (exact) mass is 394 g/mol. The highest BCUT2D eigenvalue weighted by molar-refractivity contribution is 7.95. The summed E-state index contributed by atoms with van der Waals surface area (Å²) in [6, 6.07) is 37.6. The summed E-state index contributed by atoms with van der Waals surface area (Å²) in [6.45, 7) is 0. The third-order valence-corrected chi connectivity index (χ3v) is 10.0. The van der Waals surface area contributed by atoms with Crippen molar-refractivity contribution in [2.24, 2.45) is 0 Å². The summed E-state index contributed by atoms with van der Waals surface area (Å²) in [6.07, 6.45) is 1.07. The van der Waals surface area contributed by atoms with Crippen molar-refractivity contribution in [3.63, 3.8) is 0 Å². The summed E-state index contributed by atoms with van der Waals surface area (Å²) in [5.41, 5.74) is 0. The smallest absolute Gasteiger partial charge is 0.117 e. The molecule has 0 amide bonds. The molecule has 0 unspecified atom stereocenters. The van der Waals surface area contributed by atoms with Crippen LogP contribution < -0.4 is 28.3 Å². The van der Waals surface area contributed by atoms with Crippen LogP contribution in [0.3, 0.4) is 0 Å². The average molecular weight is 395 g/mol. The normalized spacial score (nSPS) is 10.9. The molecule has 1 heterocycles. The van der Waals surface area contributed by atoms with Crippen molar-refractivity contribution in [1.29, 1.82) is 0 Å². The molecular formula is C23H20ClPS. The van der Waals surface area contributed by atoms with Crippen LogP contribution in [0.25, 0.3) is 0 Å². The lowest BCUT2D eigenvalue weighted by atomic mass is 10.4. The van der Waals surface area contributed by atoms with Gasteiger partial charge in [-0.1, -0.05) is 60.7 Å². The van der Waals surface area contributed by atoms with Gasteiger partial charge in [-0.3, -0.25) is 0 Å². The number of thiophene rings is 1. The van der Waals surface area contributed by atoms with E-state index in [9.17, 15) is 0 Å². The lowest BCUT2D eigenvalue weighted by Crippen LogP contribution is -3.00. The molecule has 0 saturated carbocycles. The Morgan fingerprint density at radius 1 is 0.538 bits per heavy atom. The molecule has 130 valence electrons. The van der Waals surface area contributed by atoms with Crippen LogP contribution in [0.15, 0.2) is 109 Å². The van der Waals surface area contributed by atoms with Crippen LogP contribution in [-0.2, 0) is 6.16 Å². The fourth-order valence-electron chi connectivity index (χ4n) is 3.40. The van der Waals surface area contributed by atoms with Crippen LogP contribution in [0, 0.1) is 0 Å². The number of rotatable bonds is 5. The van der Waals surface area contributed by atoms with Gasteiger partial charge < -0.3 is 12.4 Å². The minimum atomic E-state index is -1.73. The van der Waals surface area contributed by atoms with Crippen molar-refractivity contribution in [3.05, 3.63) is 113 Å². The zero-order valence-electron chi connectivity index (χ0n) is 14.3. The summed E-state index contributed by atoms with van der Waals surface area (Å²) in [5, 5.41) is 6.52. The Labute approximate surface area is 166 Å². The maximum atomic E-state index is 2.31. The molecule has 0 aliphatic heterocycles. The van der Waals surface area contributed by atoms with Gasteiger partial charge in [0.1, 0.15) is 29.3 Å². The van der Waals surface area contributed by atoms with Crippen LogP contribution in [0.2, 0.25) is 0 Å². The lowest BCUT2D eigenvalue weighted by molar-refractivity contribution is -0.00000474. The highest BCUT2D eigenvalue weighted by Crippen LogP contribution is 2.58. The van der Waals surface area contributed by atoms with E-state index < -0.39 is 7.26 Å². The molecule has 0 saturated heterocycles. The number of hydrogen-bond acceptors (Lipinski definition) is 1. The molecule has 3 aromatic carbocycles. The van der Waals surface area contributed by atoms with Gasteiger partial charge in [-0.2, -0.15) is 0 Å². The Kier molecular flexibility index (Phi) is 6.27. The molecule has 4 rings (SSSR count). The molecule has 1 aromatic heterocycles. The van der Waals surface area contributed by atoms with Crippen molar-refractivity contribution in [1.82, 2.24) is 0 Å². The van der Waals surface area contributed by atoms with E-state index in [2.05, 4.69) is 109 Å². The summed E-state index contributed by atoms with van der Waals surface area (Å²) in [7, 11) is -1.73. The molecule has 0 N–H and O–H groups in total. The number of benzene rings is 3. The third-order valence-electron chi connectivity index (χ3n) is 4.56. The van der Waals surface area contributed by atoms with Gasteiger partial charge in [0.25, 0.3) is 0 Å². The Balaban J connectivity index is 0.00000196. The maximum absolute atomic E-state index is 2.31. The highest BCUT2D eigenvalue weighted by Gasteiger charge is 2.45. The fourth-order valence-corrected chi connectivity index (χ4v) is 8.83. The first-order valence-corrected chi connectivity index (χ1v) is 11.3. The molecule has 0 aliphatic rings. The van der Waals surface area contributed by atoms with Gasteiger partial charge >= 0.3 is 0 Å². The third kappa shape index (κ3) is 3.62. The van der Waals surface area contributed by atoms with E-state index in [1.54, 1.807) is 0 Å². The molecule has 4 aromatic rings. The second-order valence-corrected chi connectivity index (χ2v) is 10.6. The number of halogens is 1. The van der Waals surface area contributed by atoms with E-state index in [1.807, 2.05) is 11.3 Å². The summed E-state index contributed by atoms with van der Waals surface area (Å²) in [4.78, 5) is 1.45. The van der Waals surface area contributed by atoms with Crippen LogP contribution in [-0.4, -0.2) is 0 Å². The molecule has 0 fully saturated rings. The first-order valence-electron chi connectivity index (χ1n) is 8.47. The van der Waals surface area contributed by atoms with Crippen molar-refractivity contribution < 1.29 is 12.4 Å². The zero-order chi connectivity index (χ0) is 17.0.